The summed E-state index contributed by atoms with van der Waals surface area (Å²) in [5.74, 6) is 0.699. The number of nitrogens with zero attached hydrogens (tertiary/aromatic N) is 1. The van der Waals surface area contributed by atoms with Crippen molar-refractivity contribution in [3.8, 4) is 5.75 Å². The molecular formula is C15H21NO3. The zero-order valence-electron chi connectivity index (χ0n) is 11.3. The van der Waals surface area contributed by atoms with E-state index in [9.17, 15) is 9.90 Å². The van der Waals surface area contributed by atoms with Crippen LogP contribution in [0.15, 0.2) is 30.3 Å². The maximum atomic E-state index is 12.4. The third-order valence-corrected chi connectivity index (χ3v) is 3.54. The number of ether oxygens (including phenoxy) is 1. The van der Waals surface area contributed by atoms with Crippen molar-refractivity contribution in [1.29, 1.82) is 0 Å². The van der Waals surface area contributed by atoms with E-state index in [1.54, 1.807) is 4.90 Å². The predicted molar refractivity (Wildman–Crippen MR) is 73.0 cm³/mol. The molecule has 1 fully saturated rings. The number of amides is 1. The van der Waals surface area contributed by atoms with Gasteiger partial charge in [0.15, 0.2) is 6.10 Å². The van der Waals surface area contributed by atoms with Crippen molar-refractivity contribution < 1.29 is 14.6 Å². The summed E-state index contributed by atoms with van der Waals surface area (Å²) in [5, 5.41) is 9.29. The standard InChI is InChI=1S/C15H21NO3/c1-2-14(19-13-8-4-3-5-9-13)15(18)16-10-6-7-12(16)11-17/h3-5,8-9,12,14,17H,2,6-7,10-11H2,1H3. The van der Waals surface area contributed by atoms with Gasteiger partial charge in [-0.15, -0.1) is 0 Å². The molecule has 2 unspecified atom stereocenters. The van der Waals surface area contributed by atoms with Crippen LogP contribution >= 0.6 is 0 Å². The van der Waals surface area contributed by atoms with Crippen molar-refractivity contribution in [3.63, 3.8) is 0 Å². The molecule has 19 heavy (non-hydrogen) atoms. The highest BCUT2D eigenvalue weighted by atomic mass is 16.5. The molecule has 1 aliphatic rings. The molecule has 1 aromatic carbocycles. The Morgan fingerprint density at radius 2 is 2.21 bits per heavy atom. The fourth-order valence-electron chi connectivity index (χ4n) is 2.47. The summed E-state index contributed by atoms with van der Waals surface area (Å²) in [4.78, 5) is 14.2. The number of aliphatic hydroxyl groups is 1. The first-order chi connectivity index (χ1) is 9.26. The smallest absolute Gasteiger partial charge is 0.263 e. The Kier molecular flexibility index (Phi) is 4.80. The number of hydrogen-bond acceptors (Lipinski definition) is 3. The zero-order valence-corrected chi connectivity index (χ0v) is 11.3. The van der Waals surface area contributed by atoms with Crippen molar-refractivity contribution in [2.45, 2.75) is 38.3 Å². The van der Waals surface area contributed by atoms with Crippen LogP contribution in [0, 0.1) is 0 Å². The number of rotatable bonds is 5. The number of aliphatic hydroxyl groups excluding tert-OH is 1. The summed E-state index contributed by atoms with van der Waals surface area (Å²) in [6, 6.07) is 9.35. The van der Waals surface area contributed by atoms with E-state index in [4.69, 9.17) is 4.74 Å². The Labute approximate surface area is 114 Å². The minimum atomic E-state index is -0.463. The average molecular weight is 263 g/mol. The molecule has 2 atom stereocenters. The van der Waals surface area contributed by atoms with Gasteiger partial charge in [-0.1, -0.05) is 25.1 Å². The second-order valence-corrected chi connectivity index (χ2v) is 4.84. The van der Waals surface area contributed by atoms with Crippen LogP contribution in [0.5, 0.6) is 5.75 Å². The SMILES string of the molecule is CCC(Oc1ccccc1)C(=O)N1CCCC1CO. The summed E-state index contributed by atoms with van der Waals surface area (Å²) in [6.07, 6.45) is 2.00. The highest BCUT2D eigenvalue weighted by Crippen LogP contribution is 2.20. The van der Waals surface area contributed by atoms with Gasteiger partial charge in [-0.25, -0.2) is 0 Å². The lowest BCUT2D eigenvalue weighted by Crippen LogP contribution is -2.45. The molecular weight excluding hydrogens is 242 g/mol. The normalized spacial score (nSPS) is 20.3. The van der Waals surface area contributed by atoms with Gasteiger partial charge in [-0.05, 0) is 31.4 Å². The molecule has 1 N–H and O–H groups in total. The Morgan fingerprint density at radius 3 is 2.84 bits per heavy atom. The second-order valence-electron chi connectivity index (χ2n) is 4.84. The maximum Gasteiger partial charge on any atom is 0.263 e. The van der Waals surface area contributed by atoms with E-state index in [1.165, 1.54) is 0 Å². The van der Waals surface area contributed by atoms with Gasteiger partial charge in [0.1, 0.15) is 5.75 Å². The molecule has 4 heteroatoms. The van der Waals surface area contributed by atoms with Crippen LogP contribution in [0.3, 0.4) is 0 Å². The van der Waals surface area contributed by atoms with Crippen molar-refractivity contribution >= 4 is 5.91 Å². The lowest BCUT2D eigenvalue weighted by molar-refractivity contribution is -0.140. The van der Waals surface area contributed by atoms with Crippen LogP contribution in [0.1, 0.15) is 26.2 Å². The van der Waals surface area contributed by atoms with E-state index < -0.39 is 6.10 Å². The zero-order chi connectivity index (χ0) is 13.7. The molecule has 104 valence electrons. The Bertz CT molecular complexity index is 407. The van der Waals surface area contributed by atoms with Crippen molar-refractivity contribution in [3.05, 3.63) is 30.3 Å². The van der Waals surface area contributed by atoms with Gasteiger partial charge >= 0.3 is 0 Å². The van der Waals surface area contributed by atoms with E-state index in [2.05, 4.69) is 0 Å². The first kappa shape index (κ1) is 13.9. The summed E-state index contributed by atoms with van der Waals surface area (Å²) >= 11 is 0. The molecule has 1 aliphatic heterocycles. The van der Waals surface area contributed by atoms with Gasteiger partial charge in [0.2, 0.25) is 0 Å². The minimum Gasteiger partial charge on any atom is -0.481 e. The van der Waals surface area contributed by atoms with E-state index >= 15 is 0 Å². The lowest BCUT2D eigenvalue weighted by Gasteiger charge is -2.27. The fourth-order valence-corrected chi connectivity index (χ4v) is 2.47. The van der Waals surface area contributed by atoms with Crippen molar-refractivity contribution in [1.82, 2.24) is 4.90 Å². The highest BCUT2D eigenvalue weighted by Gasteiger charge is 2.32. The minimum absolute atomic E-state index is 0.0112. The first-order valence-electron chi connectivity index (χ1n) is 6.89. The Hall–Kier alpha value is -1.55. The van der Waals surface area contributed by atoms with Crippen LogP contribution in [-0.2, 0) is 4.79 Å². The molecule has 2 rings (SSSR count). The lowest BCUT2D eigenvalue weighted by atomic mass is 10.2. The van der Waals surface area contributed by atoms with E-state index in [0.717, 1.165) is 19.4 Å². The average Bonchev–Trinajstić information content (AvgIpc) is 2.93. The fraction of sp³-hybridized carbons (Fsp3) is 0.533. The number of hydrogen-bond donors (Lipinski definition) is 1. The Balaban J connectivity index is 2.03. The van der Waals surface area contributed by atoms with Crippen LogP contribution in [-0.4, -0.2) is 41.2 Å². The molecule has 0 aromatic heterocycles. The van der Waals surface area contributed by atoms with Gasteiger partial charge in [-0.3, -0.25) is 4.79 Å². The van der Waals surface area contributed by atoms with Crippen LogP contribution in [0.25, 0.3) is 0 Å². The van der Waals surface area contributed by atoms with Crippen molar-refractivity contribution in [2.24, 2.45) is 0 Å². The molecule has 0 bridgehead atoms. The number of carbonyl (C=O) groups is 1. The molecule has 1 saturated heterocycles. The molecule has 1 amide bonds. The second kappa shape index (κ2) is 6.57. The third kappa shape index (κ3) is 3.26. The monoisotopic (exact) mass is 263 g/mol. The summed E-state index contributed by atoms with van der Waals surface area (Å²) < 4.78 is 5.76. The van der Waals surface area contributed by atoms with Crippen LogP contribution in [0.2, 0.25) is 0 Å². The van der Waals surface area contributed by atoms with Crippen LogP contribution in [0.4, 0.5) is 0 Å². The molecule has 1 heterocycles. The summed E-state index contributed by atoms with van der Waals surface area (Å²) in [7, 11) is 0. The quantitative estimate of drug-likeness (QED) is 0.881. The van der Waals surface area contributed by atoms with E-state index in [-0.39, 0.29) is 18.6 Å². The molecule has 1 aromatic rings. The molecule has 0 aliphatic carbocycles. The largest absolute Gasteiger partial charge is 0.481 e. The molecule has 0 spiro atoms. The number of carbonyl (C=O) groups excluding carboxylic acids is 1. The maximum absolute atomic E-state index is 12.4. The van der Waals surface area contributed by atoms with E-state index in [0.29, 0.717) is 12.2 Å². The third-order valence-electron chi connectivity index (χ3n) is 3.54. The van der Waals surface area contributed by atoms with Gasteiger partial charge in [-0.2, -0.15) is 0 Å². The van der Waals surface area contributed by atoms with Crippen LogP contribution < -0.4 is 4.74 Å². The van der Waals surface area contributed by atoms with Gasteiger partial charge in [0, 0.05) is 6.54 Å². The first-order valence-corrected chi connectivity index (χ1v) is 6.89. The topological polar surface area (TPSA) is 49.8 Å². The van der Waals surface area contributed by atoms with Gasteiger partial charge < -0.3 is 14.7 Å². The number of likely N-dealkylation sites (tertiary alicyclic amines) is 1. The van der Waals surface area contributed by atoms with Gasteiger partial charge in [0.05, 0.1) is 12.6 Å². The predicted octanol–water partition coefficient (Wildman–Crippen LogP) is 1.83. The number of para-hydroxylation sites is 1. The number of benzene rings is 1. The summed E-state index contributed by atoms with van der Waals surface area (Å²) in [6.45, 7) is 2.70. The van der Waals surface area contributed by atoms with Crippen molar-refractivity contribution in [2.75, 3.05) is 13.2 Å². The Morgan fingerprint density at radius 1 is 1.47 bits per heavy atom. The molecule has 0 radical (unpaired) electrons. The molecule has 0 saturated carbocycles. The summed E-state index contributed by atoms with van der Waals surface area (Å²) in [5.41, 5.74) is 0. The highest BCUT2D eigenvalue weighted by molar-refractivity contribution is 5.81. The molecule has 4 nitrogen and oxygen atoms in total. The van der Waals surface area contributed by atoms with Gasteiger partial charge in [0.25, 0.3) is 5.91 Å². The van der Waals surface area contributed by atoms with E-state index in [1.807, 2.05) is 37.3 Å².